The van der Waals surface area contributed by atoms with E-state index < -0.39 is 0 Å². The molecule has 0 radical (unpaired) electrons. The van der Waals surface area contributed by atoms with Crippen LogP contribution in [-0.4, -0.2) is 0 Å². The molecule has 0 heterocycles. The van der Waals surface area contributed by atoms with Crippen LogP contribution in [0, 0.1) is 57.7 Å². The van der Waals surface area contributed by atoms with Crippen molar-refractivity contribution in [3.63, 3.8) is 0 Å². The second kappa shape index (κ2) is 7.95. The van der Waals surface area contributed by atoms with Crippen LogP contribution in [0.2, 0.25) is 0 Å². The SMILES string of the molecule is CC(C)C(C)CC[C@@H](C)[C@H]1CC[C@H]2[C@@H]3CC=C4CC(C)(C)CC[C@]4(C)[C@H]3CC[C@]12C. The first-order valence-corrected chi connectivity index (χ1v) is 13.7. The lowest BCUT2D eigenvalue weighted by Crippen LogP contribution is -2.51. The first-order valence-electron chi connectivity index (χ1n) is 13.7. The fourth-order valence-electron chi connectivity index (χ4n) is 9.01. The molecule has 0 nitrogen and oxygen atoms in total. The van der Waals surface area contributed by atoms with Crippen LogP contribution in [0.3, 0.4) is 0 Å². The first kappa shape index (κ1) is 22.9. The van der Waals surface area contributed by atoms with Gasteiger partial charge in [0.2, 0.25) is 0 Å². The van der Waals surface area contributed by atoms with E-state index in [0.29, 0.717) is 16.2 Å². The molecule has 3 fully saturated rings. The van der Waals surface area contributed by atoms with Crippen molar-refractivity contribution in [2.45, 2.75) is 120 Å². The van der Waals surface area contributed by atoms with Crippen LogP contribution in [-0.2, 0) is 0 Å². The van der Waals surface area contributed by atoms with Crippen LogP contribution in [0.1, 0.15) is 120 Å². The summed E-state index contributed by atoms with van der Waals surface area (Å²) in [6, 6.07) is 0. The van der Waals surface area contributed by atoms with E-state index in [9.17, 15) is 0 Å². The third-order valence-corrected chi connectivity index (χ3v) is 11.6. The molecule has 0 aromatic heterocycles. The van der Waals surface area contributed by atoms with E-state index >= 15 is 0 Å². The maximum atomic E-state index is 2.76. The first-order chi connectivity index (χ1) is 14.0. The lowest BCUT2D eigenvalue weighted by Gasteiger charge is -2.59. The highest BCUT2D eigenvalue weighted by Crippen LogP contribution is 2.68. The quantitative estimate of drug-likeness (QED) is 0.394. The van der Waals surface area contributed by atoms with Crippen LogP contribution >= 0.6 is 0 Å². The van der Waals surface area contributed by atoms with E-state index in [-0.39, 0.29) is 0 Å². The second-order valence-electron chi connectivity index (χ2n) is 14.1. The van der Waals surface area contributed by atoms with Gasteiger partial charge in [-0.05, 0) is 109 Å². The van der Waals surface area contributed by atoms with Gasteiger partial charge >= 0.3 is 0 Å². The average Bonchev–Trinajstić information content (AvgIpc) is 3.03. The smallest absolute Gasteiger partial charge is 0.00849 e. The molecule has 0 heteroatoms. The Morgan fingerprint density at radius 1 is 0.867 bits per heavy atom. The number of allylic oxidation sites excluding steroid dienone is 2. The van der Waals surface area contributed by atoms with Gasteiger partial charge < -0.3 is 0 Å². The van der Waals surface area contributed by atoms with Gasteiger partial charge in [0.15, 0.2) is 0 Å². The van der Waals surface area contributed by atoms with Crippen LogP contribution in [0.5, 0.6) is 0 Å². The maximum Gasteiger partial charge on any atom is -0.00849 e. The molecule has 0 bridgehead atoms. The van der Waals surface area contributed by atoms with Crippen LogP contribution in [0.4, 0.5) is 0 Å². The third kappa shape index (κ3) is 3.75. The molecular weight excluding hydrogens is 360 g/mol. The minimum atomic E-state index is 0.524. The van der Waals surface area contributed by atoms with Crippen molar-refractivity contribution in [3.8, 4) is 0 Å². The zero-order valence-electron chi connectivity index (χ0n) is 21.7. The van der Waals surface area contributed by atoms with Crippen LogP contribution < -0.4 is 0 Å². The average molecular weight is 413 g/mol. The molecule has 0 aromatic carbocycles. The summed E-state index contributed by atoms with van der Waals surface area (Å²) in [6.07, 6.45) is 17.4. The second-order valence-corrected chi connectivity index (χ2v) is 14.1. The van der Waals surface area contributed by atoms with Gasteiger partial charge in [-0.3, -0.25) is 0 Å². The van der Waals surface area contributed by atoms with Crippen LogP contribution in [0.25, 0.3) is 0 Å². The van der Waals surface area contributed by atoms with Gasteiger partial charge in [0.1, 0.15) is 0 Å². The van der Waals surface area contributed by atoms with Crippen molar-refractivity contribution in [2.24, 2.45) is 57.7 Å². The van der Waals surface area contributed by atoms with Gasteiger partial charge in [-0.1, -0.05) is 79.9 Å². The summed E-state index contributed by atoms with van der Waals surface area (Å²) < 4.78 is 0. The minimum absolute atomic E-state index is 0.524. The molecule has 172 valence electrons. The predicted octanol–water partition coefficient (Wildman–Crippen LogP) is 9.30. The maximum absolute atomic E-state index is 2.76. The van der Waals surface area contributed by atoms with Crippen molar-refractivity contribution in [3.05, 3.63) is 11.6 Å². The highest BCUT2D eigenvalue weighted by Gasteiger charge is 2.59. The molecule has 0 spiro atoms. The molecule has 3 saturated carbocycles. The van der Waals surface area contributed by atoms with E-state index in [1.54, 1.807) is 0 Å². The molecule has 4 aliphatic carbocycles. The summed E-state index contributed by atoms with van der Waals surface area (Å²) in [5.74, 6) is 6.56. The van der Waals surface area contributed by atoms with Gasteiger partial charge in [-0.15, -0.1) is 0 Å². The molecule has 0 saturated heterocycles. The van der Waals surface area contributed by atoms with E-state index in [2.05, 4.69) is 61.5 Å². The molecule has 1 unspecified atom stereocenters. The fourth-order valence-corrected chi connectivity index (χ4v) is 9.01. The standard InChI is InChI=1S/C30H52/c1-20(2)21(3)9-10-22(4)25-13-14-26-24-12-11-23-19-28(5,6)17-18-29(23,7)27(24)15-16-30(25,26)8/h11,20-22,24-27H,9-10,12-19H2,1-8H3/t21?,22-,24+,25-,26+,27+,29+,30-/m1/s1. The molecule has 4 aliphatic rings. The van der Waals surface area contributed by atoms with E-state index in [1.807, 2.05) is 5.57 Å². The molecular formula is C30H52. The number of hydrogen-bond donors (Lipinski definition) is 0. The molecule has 8 atom stereocenters. The van der Waals surface area contributed by atoms with Gasteiger partial charge in [-0.25, -0.2) is 0 Å². The Bertz CT molecular complexity index is 653. The van der Waals surface area contributed by atoms with Crippen LogP contribution in [0.15, 0.2) is 11.6 Å². The molecule has 0 aromatic rings. The Kier molecular flexibility index (Phi) is 6.07. The number of rotatable bonds is 5. The largest absolute Gasteiger partial charge is 0.0845 e. The predicted molar refractivity (Wildman–Crippen MR) is 131 cm³/mol. The van der Waals surface area contributed by atoms with E-state index in [0.717, 1.165) is 41.4 Å². The summed E-state index contributed by atoms with van der Waals surface area (Å²) in [5.41, 5.74) is 3.53. The number of fused-ring (bicyclic) bond motifs is 5. The van der Waals surface area contributed by atoms with Gasteiger partial charge in [0.25, 0.3) is 0 Å². The van der Waals surface area contributed by atoms with Gasteiger partial charge in [-0.2, -0.15) is 0 Å². The van der Waals surface area contributed by atoms with Crippen molar-refractivity contribution in [2.75, 3.05) is 0 Å². The van der Waals surface area contributed by atoms with Crippen molar-refractivity contribution in [1.82, 2.24) is 0 Å². The topological polar surface area (TPSA) is 0 Å². The Balaban J connectivity index is 1.49. The van der Waals surface area contributed by atoms with Crippen molar-refractivity contribution >= 4 is 0 Å². The minimum Gasteiger partial charge on any atom is -0.0845 e. The van der Waals surface area contributed by atoms with Crippen molar-refractivity contribution in [1.29, 1.82) is 0 Å². The van der Waals surface area contributed by atoms with E-state index in [4.69, 9.17) is 0 Å². The number of hydrogen-bond acceptors (Lipinski definition) is 0. The molecule has 0 N–H and O–H groups in total. The highest BCUT2D eigenvalue weighted by atomic mass is 14.6. The lowest BCUT2D eigenvalue weighted by atomic mass is 9.45. The van der Waals surface area contributed by atoms with Crippen molar-refractivity contribution < 1.29 is 0 Å². The van der Waals surface area contributed by atoms with Gasteiger partial charge in [0, 0.05) is 0 Å². The normalized spacial score (nSPS) is 44.6. The summed E-state index contributed by atoms with van der Waals surface area (Å²) in [7, 11) is 0. The Morgan fingerprint density at radius 3 is 2.30 bits per heavy atom. The highest BCUT2D eigenvalue weighted by molar-refractivity contribution is 5.26. The molecule has 30 heavy (non-hydrogen) atoms. The summed E-state index contributed by atoms with van der Waals surface area (Å²) in [5, 5.41) is 0. The molecule has 4 rings (SSSR count). The zero-order valence-corrected chi connectivity index (χ0v) is 21.7. The zero-order chi connectivity index (χ0) is 21.9. The lowest BCUT2D eigenvalue weighted by molar-refractivity contribution is -0.0565. The molecule has 0 amide bonds. The summed E-state index contributed by atoms with van der Waals surface area (Å²) in [4.78, 5) is 0. The Hall–Kier alpha value is -0.260. The Morgan fingerprint density at radius 2 is 1.60 bits per heavy atom. The molecule has 0 aliphatic heterocycles. The monoisotopic (exact) mass is 412 g/mol. The summed E-state index contributed by atoms with van der Waals surface area (Å²) in [6.45, 7) is 20.3. The summed E-state index contributed by atoms with van der Waals surface area (Å²) >= 11 is 0. The fraction of sp³-hybridized carbons (Fsp3) is 0.933. The Labute approximate surface area is 189 Å². The van der Waals surface area contributed by atoms with E-state index in [1.165, 1.54) is 64.2 Å². The van der Waals surface area contributed by atoms with Gasteiger partial charge in [0.05, 0.1) is 0 Å². The third-order valence-electron chi connectivity index (χ3n) is 11.6.